The molecule has 4 nitrogen and oxygen atoms in total. The Labute approximate surface area is 172 Å². The van der Waals surface area contributed by atoms with Crippen LogP contribution in [0.2, 0.25) is 0 Å². The molecule has 3 aromatic rings. The van der Waals surface area contributed by atoms with Gasteiger partial charge in [-0.15, -0.1) is 0 Å². The SMILES string of the molecule is CCN1c2cc(C)c(/C=C(\C#N)c3nc4ccccc4[nH]3)cc2C(C)=CC1(C)C. The molecule has 0 amide bonds. The lowest BCUT2D eigenvalue weighted by Gasteiger charge is -2.43. The smallest absolute Gasteiger partial charge is 0.149 e. The topological polar surface area (TPSA) is 55.7 Å². The number of aromatic nitrogens is 2. The van der Waals surface area contributed by atoms with Crippen LogP contribution in [0.5, 0.6) is 0 Å². The van der Waals surface area contributed by atoms with Gasteiger partial charge >= 0.3 is 0 Å². The molecule has 0 unspecified atom stereocenters. The molecule has 0 spiro atoms. The van der Waals surface area contributed by atoms with E-state index in [2.05, 4.69) is 73.8 Å². The zero-order valence-electron chi connectivity index (χ0n) is 17.7. The molecule has 0 aliphatic carbocycles. The number of nitrogens with zero attached hydrogens (tertiary/aromatic N) is 3. The van der Waals surface area contributed by atoms with E-state index < -0.39 is 0 Å². The summed E-state index contributed by atoms with van der Waals surface area (Å²) < 4.78 is 0. The Kier molecular flexibility index (Phi) is 4.55. The molecule has 4 heteroatoms. The van der Waals surface area contributed by atoms with Gasteiger partial charge in [0, 0.05) is 17.8 Å². The molecule has 1 aliphatic rings. The average Bonchev–Trinajstić information content (AvgIpc) is 3.10. The summed E-state index contributed by atoms with van der Waals surface area (Å²) in [6.07, 6.45) is 4.27. The third kappa shape index (κ3) is 3.23. The minimum absolute atomic E-state index is 0.0122. The number of rotatable bonds is 3. The summed E-state index contributed by atoms with van der Waals surface area (Å²) in [6.45, 7) is 11.9. The van der Waals surface area contributed by atoms with Gasteiger partial charge in [0.15, 0.2) is 0 Å². The maximum atomic E-state index is 9.80. The molecule has 1 N–H and O–H groups in total. The van der Waals surface area contributed by atoms with Gasteiger partial charge in [-0.3, -0.25) is 0 Å². The number of H-pyrrole nitrogens is 1. The molecule has 29 heavy (non-hydrogen) atoms. The average molecular weight is 383 g/mol. The van der Waals surface area contributed by atoms with Gasteiger partial charge in [-0.1, -0.05) is 18.2 Å². The number of para-hydroxylation sites is 2. The fraction of sp³-hybridized carbons (Fsp3) is 0.280. The molecule has 2 heterocycles. The van der Waals surface area contributed by atoms with Crippen molar-refractivity contribution in [2.24, 2.45) is 0 Å². The minimum atomic E-state index is -0.0122. The maximum absolute atomic E-state index is 9.80. The van der Waals surface area contributed by atoms with Crippen LogP contribution in [-0.4, -0.2) is 22.1 Å². The first-order valence-electron chi connectivity index (χ1n) is 10.0. The van der Waals surface area contributed by atoms with Crippen molar-refractivity contribution in [1.29, 1.82) is 5.26 Å². The summed E-state index contributed by atoms with van der Waals surface area (Å²) in [5.41, 5.74) is 8.28. The van der Waals surface area contributed by atoms with E-state index in [1.807, 2.05) is 30.3 Å². The molecule has 4 rings (SSSR count). The van der Waals surface area contributed by atoms with Crippen LogP contribution in [0.3, 0.4) is 0 Å². The lowest BCUT2D eigenvalue weighted by molar-refractivity contribution is 0.566. The first-order valence-corrected chi connectivity index (χ1v) is 10.0. The summed E-state index contributed by atoms with van der Waals surface area (Å²) in [4.78, 5) is 10.3. The second-order valence-corrected chi connectivity index (χ2v) is 8.22. The van der Waals surface area contributed by atoms with E-state index in [1.54, 1.807) is 0 Å². The second kappa shape index (κ2) is 6.93. The van der Waals surface area contributed by atoms with Gasteiger partial charge in [-0.25, -0.2) is 4.98 Å². The van der Waals surface area contributed by atoms with Crippen LogP contribution in [0.15, 0.2) is 42.5 Å². The standard InChI is InChI=1S/C25H26N4/c1-6-29-23-11-16(2)18(13-20(23)17(3)14-25(29,4)5)12-19(15-26)24-27-21-9-7-8-10-22(21)28-24/h7-14H,6H2,1-5H3,(H,27,28)/b19-12+. The Morgan fingerprint density at radius 2 is 2.00 bits per heavy atom. The molecule has 146 valence electrons. The lowest BCUT2D eigenvalue weighted by Crippen LogP contribution is -2.44. The Hall–Kier alpha value is -3.32. The summed E-state index contributed by atoms with van der Waals surface area (Å²) in [5, 5.41) is 9.80. The monoisotopic (exact) mass is 382 g/mol. The molecule has 0 fully saturated rings. The highest BCUT2D eigenvalue weighted by Crippen LogP contribution is 2.40. The summed E-state index contributed by atoms with van der Waals surface area (Å²) >= 11 is 0. The van der Waals surface area contributed by atoms with Gasteiger partial charge in [-0.05, 0) is 81.7 Å². The van der Waals surface area contributed by atoms with Gasteiger partial charge in [0.1, 0.15) is 11.9 Å². The third-order valence-electron chi connectivity index (χ3n) is 5.75. The van der Waals surface area contributed by atoms with Crippen LogP contribution in [0, 0.1) is 18.3 Å². The predicted octanol–water partition coefficient (Wildman–Crippen LogP) is 5.96. The minimum Gasteiger partial charge on any atom is -0.363 e. The number of anilines is 1. The molecule has 0 bridgehead atoms. The second-order valence-electron chi connectivity index (χ2n) is 8.22. The Bertz CT molecular complexity index is 1170. The predicted molar refractivity (Wildman–Crippen MR) is 122 cm³/mol. The first kappa shape index (κ1) is 19.0. The fourth-order valence-electron chi connectivity index (χ4n) is 4.37. The molecule has 1 aliphatic heterocycles. The van der Waals surface area contributed by atoms with Crippen molar-refractivity contribution in [1.82, 2.24) is 9.97 Å². The van der Waals surface area contributed by atoms with Crippen molar-refractivity contribution >= 4 is 33.9 Å². The third-order valence-corrected chi connectivity index (χ3v) is 5.75. The number of nitrogens with one attached hydrogen (secondary N) is 1. The van der Waals surface area contributed by atoms with Crippen LogP contribution in [0.4, 0.5) is 5.69 Å². The van der Waals surface area contributed by atoms with E-state index in [-0.39, 0.29) is 5.54 Å². The molecule has 0 radical (unpaired) electrons. The van der Waals surface area contributed by atoms with E-state index in [4.69, 9.17) is 0 Å². The Morgan fingerprint density at radius 3 is 2.69 bits per heavy atom. The van der Waals surface area contributed by atoms with Crippen molar-refractivity contribution in [3.8, 4) is 6.07 Å². The number of fused-ring (bicyclic) bond motifs is 2. The Morgan fingerprint density at radius 1 is 1.24 bits per heavy atom. The van der Waals surface area contributed by atoms with Crippen LogP contribution in [-0.2, 0) is 0 Å². The van der Waals surface area contributed by atoms with Crippen LogP contribution >= 0.6 is 0 Å². The number of nitriles is 1. The normalized spacial score (nSPS) is 15.8. The number of hydrogen-bond acceptors (Lipinski definition) is 3. The van der Waals surface area contributed by atoms with E-state index in [9.17, 15) is 5.26 Å². The van der Waals surface area contributed by atoms with E-state index in [0.29, 0.717) is 11.4 Å². The number of aromatic amines is 1. The molecular formula is C25H26N4. The number of hydrogen-bond donors (Lipinski definition) is 1. The zero-order chi connectivity index (χ0) is 20.8. The summed E-state index contributed by atoms with van der Waals surface area (Å²) in [6, 6.07) is 14.6. The van der Waals surface area contributed by atoms with Crippen molar-refractivity contribution < 1.29 is 0 Å². The molecule has 0 saturated heterocycles. The van der Waals surface area contributed by atoms with Crippen LogP contribution in [0.1, 0.15) is 50.2 Å². The summed E-state index contributed by atoms with van der Waals surface area (Å²) in [5.74, 6) is 0.606. The van der Waals surface area contributed by atoms with Gasteiger partial charge in [0.05, 0.1) is 22.1 Å². The number of benzene rings is 2. The van der Waals surface area contributed by atoms with Crippen LogP contribution < -0.4 is 4.90 Å². The Balaban J connectivity index is 1.83. The van der Waals surface area contributed by atoms with Crippen molar-refractivity contribution in [3.63, 3.8) is 0 Å². The lowest BCUT2D eigenvalue weighted by atomic mass is 9.86. The van der Waals surface area contributed by atoms with Gasteiger partial charge in [0.2, 0.25) is 0 Å². The van der Waals surface area contributed by atoms with Gasteiger partial charge in [0.25, 0.3) is 0 Å². The molecule has 1 aromatic heterocycles. The highest BCUT2D eigenvalue weighted by Gasteiger charge is 2.30. The van der Waals surface area contributed by atoms with Crippen molar-refractivity contribution in [2.45, 2.75) is 40.2 Å². The number of aryl methyl sites for hydroxylation is 1. The maximum Gasteiger partial charge on any atom is 0.149 e. The van der Waals surface area contributed by atoms with Crippen molar-refractivity contribution in [3.05, 3.63) is 65.0 Å². The first-order chi connectivity index (χ1) is 13.8. The quantitative estimate of drug-likeness (QED) is 0.569. The number of likely N-dealkylation sites (N-methyl/N-ethyl adjacent to an activating group) is 1. The molecule has 2 aromatic carbocycles. The highest BCUT2D eigenvalue weighted by molar-refractivity contribution is 5.92. The highest BCUT2D eigenvalue weighted by atomic mass is 15.2. The molecule has 0 saturated carbocycles. The molecule has 0 atom stereocenters. The van der Waals surface area contributed by atoms with E-state index >= 15 is 0 Å². The van der Waals surface area contributed by atoms with E-state index in [1.165, 1.54) is 16.8 Å². The van der Waals surface area contributed by atoms with Crippen molar-refractivity contribution in [2.75, 3.05) is 11.4 Å². The largest absolute Gasteiger partial charge is 0.363 e. The van der Waals surface area contributed by atoms with E-state index in [0.717, 1.165) is 28.7 Å². The van der Waals surface area contributed by atoms with Gasteiger partial charge < -0.3 is 9.88 Å². The molecular weight excluding hydrogens is 356 g/mol. The van der Waals surface area contributed by atoms with Gasteiger partial charge in [-0.2, -0.15) is 5.26 Å². The van der Waals surface area contributed by atoms with Crippen LogP contribution in [0.25, 0.3) is 28.3 Å². The fourth-order valence-corrected chi connectivity index (χ4v) is 4.37. The summed E-state index contributed by atoms with van der Waals surface area (Å²) in [7, 11) is 0. The number of imidazole rings is 1. The zero-order valence-corrected chi connectivity index (χ0v) is 17.7. The number of allylic oxidation sites excluding steroid dienone is 2.